The average molecular weight is 316 g/mol. The van der Waals surface area contributed by atoms with Crippen molar-refractivity contribution in [2.24, 2.45) is 5.92 Å². The van der Waals surface area contributed by atoms with Crippen LogP contribution in [0.3, 0.4) is 0 Å². The van der Waals surface area contributed by atoms with Crippen LogP contribution in [0.15, 0.2) is 30.3 Å². The van der Waals surface area contributed by atoms with Crippen molar-refractivity contribution in [2.75, 3.05) is 13.1 Å². The summed E-state index contributed by atoms with van der Waals surface area (Å²) in [7, 11) is 0. The van der Waals surface area contributed by atoms with Crippen LogP contribution in [0.5, 0.6) is 0 Å². The lowest BCUT2D eigenvalue weighted by molar-refractivity contribution is -0.135. The molecule has 1 aromatic rings. The highest BCUT2D eigenvalue weighted by atomic mass is 16.2. The first-order chi connectivity index (χ1) is 11.0. The summed E-state index contributed by atoms with van der Waals surface area (Å²) in [6.07, 6.45) is 2.48. The summed E-state index contributed by atoms with van der Waals surface area (Å²) in [6.45, 7) is 7.39. The van der Waals surface area contributed by atoms with E-state index in [0.29, 0.717) is 0 Å². The van der Waals surface area contributed by atoms with Crippen molar-refractivity contribution >= 4 is 11.8 Å². The van der Waals surface area contributed by atoms with Gasteiger partial charge >= 0.3 is 0 Å². The van der Waals surface area contributed by atoms with Crippen molar-refractivity contribution in [1.29, 1.82) is 0 Å². The van der Waals surface area contributed by atoms with Crippen LogP contribution >= 0.6 is 0 Å². The Morgan fingerprint density at radius 1 is 1.17 bits per heavy atom. The molecular formula is C19H28N2O2. The molecule has 1 fully saturated rings. The minimum absolute atomic E-state index is 0.0451. The van der Waals surface area contributed by atoms with Crippen molar-refractivity contribution in [2.45, 2.75) is 52.0 Å². The summed E-state index contributed by atoms with van der Waals surface area (Å²) in [5.41, 5.74) is 1.07. The molecule has 23 heavy (non-hydrogen) atoms. The van der Waals surface area contributed by atoms with E-state index >= 15 is 0 Å². The van der Waals surface area contributed by atoms with E-state index in [-0.39, 0.29) is 29.7 Å². The van der Waals surface area contributed by atoms with Gasteiger partial charge in [0.25, 0.3) is 0 Å². The lowest BCUT2D eigenvalue weighted by Gasteiger charge is -2.34. The third-order valence-corrected chi connectivity index (χ3v) is 4.57. The van der Waals surface area contributed by atoms with Gasteiger partial charge in [-0.2, -0.15) is 0 Å². The molecule has 1 aliphatic rings. The molecule has 4 nitrogen and oxygen atoms in total. The van der Waals surface area contributed by atoms with Crippen LogP contribution in [0, 0.1) is 5.92 Å². The summed E-state index contributed by atoms with van der Waals surface area (Å²) in [4.78, 5) is 26.5. The summed E-state index contributed by atoms with van der Waals surface area (Å²) < 4.78 is 0. The van der Waals surface area contributed by atoms with Crippen LogP contribution in [-0.4, -0.2) is 35.8 Å². The Hall–Kier alpha value is -1.84. The Bertz CT molecular complexity index is 519. The van der Waals surface area contributed by atoms with Crippen molar-refractivity contribution < 1.29 is 9.59 Å². The number of piperidine rings is 1. The molecule has 0 bridgehead atoms. The molecule has 2 amide bonds. The van der Waals surface area contributed by atoms with E-state index in [2.05, 4.69) is 5.32 Å². The van der Waals surface area contributed by atoms with E-state index in [9.17, 15) is 9.59 Å². The maximum absolute atomic E-state index is 12.6. The molecule has 0 spiro atoms. The first-order valence-corrected chi connectivity index (χ1v) is 8.67. The monoisotopic (exact) mass is 316 g/mol. The van der Waals surface area contributed by atoms with E-state index in [4.69, 9.17) is 0 Å². The molecule has 1 saturated heterocycles. The molecule has 0 saturated carbocycles. The van der Waals surface area contributed by atoms with E-state index in [1.807, 2.05) is 56.0 Å². The van der Waals surface area contributed by atoms with Crippen LogP contribution in [-0.2, 0) is 9.59 Å². The minimum atomic E-state index is -0.0912. The maximum Gasteiger partial charge on any atom is 0.227 e. The number of hydrogen-bond donors (Lipinski definition) is 1. The number of carbonyl (C=O) groups excluding carboxylic acids is 2. The lowest BCUT2D eigenvalue weighted by Crippen LogP contribution is -2.48. The molecular weight excluding hydrogens is 288 g/mol. The second-order valence-corrected chi connectivity index (χ2v) is 6.63. The molecule has 1 N–H and O–H groups in total. The molecule has 0 radical (unpaired) electrons. The summed E-state index contributed by atoms with van der Waals surface area (Å²) >= 11 is 0. The molecule has 126 valence electrons. The molecule has 1 heterocycles. The van der Waals surface area contributed by atoms with Gasteiger partial charge in [0.1, 0.15) is 0 Å². The molecule has 1 atom stereocenters. The van der Waals surface area contributed by atoms with Gasteiger partial charge in [0.2, 0.25) is 11.8 Å². The SMILES string of the molecule is CC[C@H](C(=O)NC1CCN(C(=O)C(C)C)CC1)c1ccccc1. The van der Waals surface area contributed by atoms with Crippen LogP contribution in [0.4, 0.5) is 0 Å². The first kappa shape index (κ1) is 17.5. The molecule has 2 rings (SSSR count). The van der Waals surface area contributed by atoms with Gasteiger partial charge in [-0.1, -0.05) is 51.1 Å². The number of nitrogens with one attached hydrogen (secondary N) is 1. The minimum Gasteiger partial charge on any atom is -0.353 e. The first-order valence-electron chi connectivity index (χ1n) is 8.67. The molecule has 1 aromatic carbocycles. The molecule has 0 unspecified atom stereocenters. The Morgan fingerprint density at radius 2 is 1.78 bits per heavy atom. The fraction of sp³-hybridized carbons (Fsp3) is 0.579. The van der Waals surface area contributed by atoms with Crippen LogP contribution < -0.4 is 5.32 Å². The zero-order valence-electron chi connectivity index (χ0n) is 14.4. The predicted molar refractivity (Wildman–Crippen MR) is 92.1 cm³/mol. The number of carbonyl (C=O) groups is 2. The third-order valence-electron chi connectivity index (χ3n) is 4.57. The second kappa shape index (κ2) is 8.14. The van der Waals surface area contributed by atoms with E-state index in [1.54, 1.807) is 0 Å². The van der Waals surface area contributed by atoms with Gasteiger partial charge in [-0.3, -0.25) is 9.59 Å². The highest BCUT2D eigenvalue weighted by molar-refractivity contribution is 5.84. The third kappa shape index (κ3) is 4.57. The van der Waals surface area contributed by atoms with Crippen LogP contribution in [0.1, 0.15) is 51.5 Å². The van der Waals surface area contributed by atoms with Gasteiger partial charge < -0.3 is 10.2 Å². The zero-order valence-corrected chi connectivity index (χ0v) is 14.4. The standard InChI is InChI=1S/C19H28N2O2/c1-4-17(15-8-6-5-7-9-15)18(22)20-16-10-12-21(13-11-16)19(23)14(2)3/h5-9,14,16-17H,4,10-13H2,1-3H3,(H,20,22)/t17-/m0/s1. The molecule has 1 aliphatic heterocycles. The van der Waals surface area contributed by atoms with Crippen molar-refractivity contribution in [3.8, 4) is 0 Å². The van der Waals surface area contributed by atoms with Crippen molar-refractivity contribution in [1.82, 2.24) is 10.2 Å². The smallest absolute Gasteiger partial charge is 0.227 e. The predicted octanol–water partition coefficient (Wildman–Crippen LogP) is 2.94. The molecule has 0 aromatic heterocycles. The topological polar surface area (TPSA) is 49.4 Å². The highest BCUT2D eigenvalue weighted by Gasteiger charge is 2.27. The van der Waals surface area contributed by atoms with Gasteiger partial charge in [-0.25, -0.2) is 0 Å². The van der Waals surface area contributed by atoms with Crippen LogP contribution in [0.2, 0.25) is 0 Å². The van der Waals surface area contributed by atoms with Gasteiger partial charge in [-0.05, 0) is 24.8 Å². The summed E-state index contributed by atoms with van der Waals surface area (Å²) in [6, 6.07) is 10.1. The largest absolute Gasteiger partial charge is 0.353 e. The number of benzene rings is 1. The van der Waals surface area contributed by atoms with Gasteiger partial charge in [0.15, 0.2) is 0 Å². The highest BCUT2D eigenvalue weighted by Crippen LogP contribution is 2.21. The Labute approximate surface area is 139 Å². The van der Waals surface area contributed by atoms with Gasteiger partial charge in [-0.15, -0.1) is 0 Å². The second-order valence-electron chi connectivity index (χ2n) is 6.63. The van der Waals surface area contributed by atoms with Gasteiger partial charge in [0.05, 0.1) is 5.92 Å². The lowest BCUT2D eigenvalue weighted by atomic mass is 9.94. The normalized spacial score (nSPS) is 17.1. The van der Waals surface area contributed by atoms with E-state index < -0.39 is 0 Å². The number of nitrogens with zero attached hydrogens (tertiary/aromatic N) is 1. The molecule has 0 aliphatic carbocycles. The Balaban J connectivity index is 1.88. The van der Waals surface area contributed by atoms with Crippen molar-refractivity contribution in [3.05, 3.63) is 35.9 Å². The maximum atomic E-state index is 12.6. The Morgan fingerprint density at radius 3 is 2.30 bits per heavy atom. The fourth-order valence-electron chi connectivity index (χ4n) is 3.17. The zero-order chi connectivity index (χ0) is 16.8. The Kier molecular flexibility index (Phi) is 6.20. The average Bonchev–Trinajstić information content (AvgIpc) is 2.56. The summed E-state index contributed by atoms with van der Waals surface area (Å²) in [5.74, 6) is 0.271. The summed E-state index contributed by atoms with van der Waals surface area (Å²) in [5, 5.41) is 3.18. The van der Waals surface area contributed by atoms with E-state index in [0.717, 1.165) is 37.9 Å². The fourth-order valence-corrected chi connectivity index (χ4v) is 3.17. The number of hydrogen-bond acceptors (Lipinski definition) is 2. The van der Waals surface area contributed by atoms with E-state index in [1.165, 1.54) is 0 Å². The number of amides is 2. The van der Waals surface area contributed by atoms with Gasteiger partial charge in [0, 0.05) is 25.0 Å². The molecule has 4 heteroatoms. The number of likely N-dealkylation sites (tertiary alicyclic amines) is 1. The van der Waals surface area contributed by atoms with Crippen molar-refractivity contribution in [3.63, 3.8) is 0 Å². The van der Waals surface area contributed by atoms with Crippen LogP contribution in [0.25, 0.3) is 0 Å². The quantitative estimate of drug-likeness (QED) is 0.908. The number of rotatable bonds is 5.